The fourth-order valence-electron chi connectivity index (χ4n) is 0.260. The molecule has 0 aromatic carbocycles. The Morgan fingerprint density at radius 1 is 1.75 bits per heavy atom. The van der Waals surface area contributed by atoms with Crippen LogP contribution in [0.25, 0.3) is 0 Å². The van der Waals surface area contributed by atoms with Crippen LogP contribution in [0.1, 0.15) is 0 Å². The smallest absolute Gasteiger partial charge is 0.166 e. The van der Waals surface area contributed by atoms with Crippen LogP contribution in [0.3, 0.4) is 0 Å². The second-order valence-corrected chi connectivity index (χ2v) is 4.10. The predicted molar refractivity (Wildman–Crippen MR) is 44.3 cm³/mol. The van der Waals surface area contributed by atoms with E-state index in [0.717, 1.165) is 2.88 Å². The van der Waals surface area contributed by atoms with E-state index >= 15 is 0 Å². The lowest BCUT2D eigenvalue weighted by Gasteiger charge is -1.81. The Morgan fingerprint density at radius 3 is 2.50 bits per heavy atom. The highest BCUT2D eigenvalue weighted by Gasteiger charge is 2.02. The minimum atomic E-state index is 0.416. The molecule has 0 atom stereocenters. The van der Waals surface area contributed by atoms with E-state index in [1.54, 1.807) is 0 Å². The number of halogens is 2. The summed E-state index contributed by atoms with van der Waals surface area (Å²) in [5.74, 6) is 0. The summed E-state index contributed by atoms with van der Waals surface area (Å²) in [5, 5.41) is 0.416. The van der Waals surface area contributed by atoms with Gasteiger partial charge in [-0.05, 0) is 34.1 Å². The van der Waals surface area contributed by atoms with Gasteiger partial charge in [0.25, 0.3) is 0 Å². The van der Waals surface area contributed by atoms with Gasteiger partial charge in [0, 0.05) is 0 Å². The highest BCUT2D eigenvalue weighted by molar-refractivity contribution is 14.1. The fourth-order valence-corrected chi connectivity index (χ4v) is 1.68. The van der Waals surface area contributed by atoms with Crippen molar-refractivity contribution in [3.05, 3.63) is 8.04 Å². The van der Waals surface area contributed by atoms with Gasteiger partial charge in [-0.1, -0.05) is 11.6 Å². The molecule has 0 aliphatic carbocycles. The SMILES string of the molecule is Nc1c(Cl)nsc1I. The molecule has 0 unspecified atom stereocenters. The molecule has 44 valence electrons. The molecule has 1 rings (SSSR count). The van der Waals surface area contributed by atoms with Crippen LogP contribution in [0.15, 0.2) is 0 Å². The normalized spacial score (nSPS) is 9.75. The van der Waals surface area contributed by atoms with Gasteiger partial charge in [0.05, 0.1) is 5.69 Å². The number of nitrogens with two attached hydrogens (primary N) is 1. The van der Waals surface area contributed by atoms with Crippen molar-refractivity contribution in [2.24, 2.45) is 0 Å². The van der Waals surface area contributed by atoms with Crippen LogP contribution in [-0.4, -0.2) is 4.37 Å². The maximum Gasteiger partial charge on any atom is 0.166 e. The Bertz CT molecular complexity index is 180. The minimum Gasteiger partial charge on any atom is -0.395 e. The summed E-state index contributed by atoms with van der Waals surface area (Å²) in [6, 6.07) is 0. The molecule has 0 amide bonds. The van der Waals surface area contributed by atoms with E-state index < -0.39 is 0 Å². The van der Waals surface area contributed by atoms with E-state index in [1.165, 1.54) is 11.5 Å². The van der Waals surface area contributed by atoms with E-state index in [-0.39, 0.29) is 0 Å². The molecule has 0 fully saturated rings. The molecule has 8 heavy (non-hydrogen) atoms. The summed E-state index contributed by atoms with van der Waals surface area (Å²) in [5.41, 5.74) is 6.01. The van der Waals surface area contributed by atoms with E-state index in [0.29, 0.717) is 10.8 Å². The Morgan fingerprint density at radius 2 is 2.38 bits per heavy atom. The third-order valence-electron chi connectivity index (χ3n) is 0.640. The van der Waals surface area contributed by atoms with Crippen molar-refractivity contribution in [2.75, 3.05) is 5.73 Å². The average molecular weight is 260 g/mol. The van der Waals surface area contributed by atoms with Crippen molar-refractivity contribution < 1.29 is 0 Å². The van der Waals surface area contributed by atoms with E-state index in [2.05, 4.69) is 27.0 Å². The molecular formula is C3H2ClIN2S. The molecule has 0 spiro atoms. The monoisotopic (exact) mass is 260 g/mol. The summed E-state index contributed by atoms with van der Waals surface area (Å²) in [6.07, 6.45) is 0. The number of anilines is 1. The van der Waals surface area contributed by atoms with Gasteiger partial charge in [0.15, 0.2) is 5.15 Å². The lowest BCUT2D eigenvalue weighted by molar-refractivity contribution is 1.57. The van der Waals surface area contributed by atoms with E-state index in [9.17, 15) is 0 Å². The molecule has 1 heterocycles. The van der Waals surface area contributed by atoms with Crippen molar-refractivity contribution >= 4 is 51.4 Å². The molecule has 1 aromatic heterocycles. The molecule has 0 saturated carbocycles. The van der Waals surface area contributed by atoms with Gasteiger partial charge in [-0.15, -0.1) is 0 Å². The summed E-state index contributed by atoms with van der Waals surface area (Å²) < 4.78 is 4.74. The first-order chi connectivity index (χ1) is 3.72. The standard InChI is InChI=1S/C3H2ClIN2S/c4-2-1(6)3(5)8-7-2/h6H2. The molecule has 0 bridgehead atoms. The van der Waals surface area contributed by atoms with Crippen LogP contribution in [0.4, 0.5) is 5.69 Å². The third kappa shape index (κ3) is 1.06. The summed E-state index contributed by atoms with van der Waals surface area (Å²) >= 11 is 8.90. The zero-order valence-electron chi connectivity index (χ0n) is 3.69. The molecule has 0 aliphatic heterocycles. The Kier molecular flexibility index (Phi) is 1.94. The summed E-state index contributed by atoms with van der Waals surface area (Å²) in [7, 11) is 0. The Balaban J connectivity index is 3.19. The first-order valence-electron chi connectivity index (χ1n) is 1.78. The van der Waals surface area contributed by atoms with Crippen LogP contribution in [0.5, 0.6) is 0 Å². The van der Waals surface area contributed by atoms with Crippen molar-refractivity contribution in [1.29, 1.82) is 0 Å². The van der Waals surface area contributed by atoms with Crippen LogP contribution in [-0.2, 0) is 0 Å². The van der Waals surface area contributed by atoms with Crippen LogP contribution in [0, 0.1) is 2.88 Å². The predicted octanol–water partition coefficient (Wildman–Crippen LogP) is 1.98. The lowest BCUT2D eigenvalue weighted by atomic mass is 10.6. The van der Waals surface area contributed by atoms with Crippen LogP contribution >= 0.6 is 45.7 Å². The zero-order chi connectivity index (χ0) is 6.15. The molecule has 2 nitrogen and oxygen atoms in total. The summed E-state index contributed by atoms with van der Waals surface area (Å²) in [6.45, 7) is 0. The number of rotatable bonds is 0. The zero-order valence-corrected chi connectivity index (χ0v) is 7.42. The van der Waals surface area contributed by atoms with Gasteiger partial charge in [-0.2, -0.15) is 4.37 Å². The van der Waals surface area contributed by atoms with Gasteiger partial charge >= 0.3 is 0 Å². The molecule has 1 aromatic rings. The van der Waals surface area contributed by atoms with E-state index in [4.69, 9.17) is 17.3 Å². The highest BCUT2D eigenvalue weighted by Crippen LogP contribution is 2.26. The quantitative estimate of drug-likeness (QED) is 0.725. The number of nitrogen functional groups attached to an aromatic ring is 1. The molecule has 0 radical (unpaired) electrons. The Labute approximate surface area is 69.3 Å². The van der Waals surface area contributed by atoms with Crippen LogP contribution < -0.4 is 5.73 Å². The van der Waals surface area contributed by atoms with Gasteiger partial charge in [0.1, 0.15) is 2.88 Å². The second-order valence-electron chi connectivity index (χ2n) is 1.16. The van der Waals surface area contributed by atoms with Crippen molar-refractivity contribution in [1.82, 2.24) is 4.37 Å². The number of aromatic nitrogens is 1. The minimum absolute atomic E-state index is 0.416. The second kappa shape index (κ2) is 2.36. The lowest BCUT2D eigenvalue weighted by Crippen LogP contribution is -1.82. The summed E-state index contributed by atoms with van der Waals surface area (Å²) in [4.78, 5) is 0. The van der Waals surface area contributed by atoms with Crippen molar-refractivity contribution in [3.63, 3.8) is 0 Å². The molecular weight excluding hydrogens is 258 g/mol. The molecule has 0 saturated heterocycles. The number of nitrogens with zero attached hydrogens (tertiary/aromatic N) is 1. The van der Waals surface area contributed by atoms with Crippen LogP contribution in [0.2, 0.25) is 5.15 Å². The maximum absolute atomic E-state index is 5.50. The Hall–Kier alpha value is 0.450. The van der Waals surface area contributed by atoms with Gasteiger partial charge < -0.3 is 5.73 Å². The molecule has 0 aliphatic rings. The molecule has 5 heteroatoms. The van der Waals surface area contributed by atoms with Crippen molar-refractivity contribution in [3.8, 4) is 0 Å². The third-order valence-corrected chi connectivity index (χ3v) is 2.85. The maximum atomic E-state index is 5.50. The average Bonchev–Trinajstić information content (AvgIpc) is 1.98. The highest BCUT2D eigenvalue weighted by atomic mass is 127. The number of hydrogen-bond donors (Lipinski definition) is 1. The first kappa shape index (κ1) is 6.57. The number of hydrogen-bond acceptors (Lipinski definition) is 3. The first-order valence-corrected chi connectivity index (χ1v) is 4.01. The van der Waals surface area contributed by atoms with Crippen molar-refractivity contribution in [2.45, 2.75) is 0 Å². The van der Waals surface area contributed by atoms with Gasteiger partial charge in [0.2, 0.25) is 0 Å². The fraction of sp³-hybridized carbons (Fsp3) is 0. The molecule has 2 N–H and O–H groups in total. The largest absolute Gasteiger partial charge is 0.395 e. The van der Waals surface area contributed by atoms with Gasteiger partial charge in [-0.25, -0.2) is 0 Å². The van der Waals surface area contributed by atoms with E-state index in [1.807, 2.05) is 0 Å². The van der Waals surface area contributed by atoms with Gasteiger partial charge in [-0.3, -0.25) is 0 Å². The topological polar surface area (TPSA) is 38.9 Å².